The lowest BCUT2D eigenvalue weighted by Crippen LogP contribution is -2.33. The van der Waals surface area contributed by atoms with Crippen LogP contribution in [-0.2, 0) is 14.8 Å². The van der Waals surface area contributed by atoms with Gasteiger partial charge in [-0.2, -0.15) is 4.31 Å². The monoisotopic (exact) mass is 307 g/mol. The van der Waals surface area contributed by atoms with Crippen LogP contribution >= 0.6 is 0 Å². The second-order valence-corrected chi connectivity index (χ2v) is 8.13. The van der Waals surface area contributed by atoms with Crippen molar-refractivity contribution in [2.45, 2.75) is 18.2 Å². The maximum absolute atomic E-state index is 12.6. The quantitative estimate of drug-likeness (QED) is 0.860. The van der Waals surface area contributed by atoms with Gasteiger partial charge in [0.2, 0.25) is 10.0 Å². The Morgan fingerprint density at radius 1 is 1.29 bits per heavy atom. The van der Waals surface area contributed by atoms with Crippen molar-refractivity contribution in [3.05, 3.63) is 42.5 Å². The number of aliphatic carboxylic acids is 1. The van der Waals surface area contributed by atoms with Crippen molar-refractivity contribution in [3.63, 3.8) is 0 Å². The Balaban J connectivity index is 1.92. The number of nitrogens with zero attached hydrogens (tertiary/aromatic N) is 1. The highest BCUT2D eigenvalue weighted by atomic mass is 32.2. The van der Waals surface area contributed by atoms with E-state index in [0.29, 0.717) is 13.0 Å². The minimum Gasteiger partial charge on any atom is -0.478 e. The van der Waals surface area contributed by atoms with E-state index < -0.39 is 21.4 Å². The molecule has 2 atom stereocenters. The van der Waals surface area contributed by atoms with Crippen LogP contribution in [0.25, 0.3) is 0 Å². The summed E-state index contributed by atoms with van der Waals surface area (Å²) in [5.41, 5.74) is -0.805. The second kappa shape index (κ2) is 4.18. The third-order valence-corrected chi connectivity index (χ3v) is 6.72. The predicted molar refractivity (Wildman–Crippen MR) is 77.1 cm³/mol. The molecule has 0 spiro atoms. The van der Waals surface area contributed by atoms with Gasteiger partial charge in [0.05, 0.1) is 4.90 Å². The molecular formula is C15H17NO4S. The highest BCUT2D eigenvalue weighted by Crippen LogP contribution is 2.71. The molecule has 112 valence electrons. The highest BCUT2D eigenvalue weighted by Gasteiger charge is 2.72. The third kappa shape index (κ3) is 1.86. The Bertz CT molecular complexity index is 727. The Morgan fingerprint density at radius 3 is 2.48 bits per heavy atom. The van der Waals surface area contributed by atoms with E-state index in [1.54, 1.807) is 30.3 Å². The van der Waals surface area contributed by atoms with Gasteiger partial charge in [0.1, 0.15) is 0 Å². The number of carboxylic acids is 1. The summed E-state index contributed by atoms with van der Waals surface area (Å²) in [5, 5.41) is 9.19. The lowest BCUT2D eigenvalue weighted by Gasteiger charge is -2.20. The van der Waals surface area contributed by atoms with Crippen LogP contribution in [0.5, 0.6) is 0 Å². The Labute approximate surface area is 123 Å². The Kier molecular flexibility index (Phi) is 2.84. The van der Waals surface area contributed by atoms with Gasteiger partial charge in [-0.05, 0) is 24.0 Å². The van der Waals surface area contributed by atoms with Crippen molar-refractivity contribution in [2.75, 3.05) is 13.1 Å². The van der Waals surface area contributed by atoms with E-state index in [1.807, 2.05) is 6.92 Å². The van der Waals surface area contributed by atoms with Crippen LogP contribution in [0.15, 0.2) is 47.4 Å². The molecule has 0 radical (unpaired) electrons. The molecule has 1 saturated carbocycles. The lowest BCUT2D eigenvalue weighted by molar-refractivity contribution is -0.133. The lowest BCUT2D eigenvalue weighted by atomic mass is 9.90. The molecule has 0 unspecified atom stereocenters. The van der Waals surface area contributed by atoms with Gasteiger partial charge in [-0.1, -0.05) is 31.7 Å². The number of sulfonamides is 1. The van der Waals surface area contributed by atoms with E-state index >= 15 is 0 Å². The third-order valence-electron chi connectivity index (χ3n) is 4.91. The van der Waals surface area contributed by atoms with E-state index in [9.17, 15) is 18.3 Å². The first-order valence-corrected chi connectivity index (χ1v) is 8.15. The van der Waals surface area contributed by atoms with Crippen molar-refractivity contribution in [1.82, 2.24) is 4.31 Å². The van der Waals surface area contributed by atoms with Gasteiger partial charge in [0.25, 0.3) is 0 Å². The summed E-state index contributed by atoms with van der Waals surface area (Å²) in [4.78, 5) is 11.5. The van der Waals surface area contributed by atoms with Crippen molar-refractivity contribution in [2.24, 2.45) is 10.8 Å². The van der Waals surface area contributed by atoms with Gasteiger partial charge in [-0.3, -0.25) is 0 Å². The topological polar surface area (TPSA) is 74.7 Å². The molecule has 1 N–H and O–H groups in total. The first-order valence-electron chi connectivity index (χ1n) is 6.71. The smallest absolute Gasteiger partial charge is 0.331 e. The number of carboxylic acid groups (broad SMARTS) is 1. The molecule has 2 fully saturated rings. The summed E-state index contributed by atoms with van der Waals surface area (Å²) in [7, 11) is -3.58. The van der Waals surface area contributed by atoms with Gasteiger partial charge in [0.15, 0.2) is 0 Å². The van der Waals surface area contributed by atoms with Crippen LogP contribution in [0.3, 0.4) is 0 Å². The first kappa shape index (κ1) is 14.3. The van der Waals surface area contributed by atoms with Gasteiger partial charge in [-0.15, -0.1) is 0 Å². The molecule has 1 aliphatic heterocycles. The van der Waals surface area contributed by atoms with Gasteiger partial charge >= 0.3 is 5.97 Å². The summed E-state index contributed by atoms with van der Waals surface area (Å²) < 4.78 is 26.6. The second-order valence-electron chi connectivity index (χ2n) is 6.19. The minimum atomic E-state index is -3.58. The van der Waals surface area contributed by atoms with E-state index in [2.05, 4.69) is 6.58 Å². The zero-order chi connectivity index (χ0) is 15.5. The van der Waals surface area contributed by atoms with Crippen molar-refractivity contribution < 1.29 is 18.3 Å². The number of hydrogen-bond donors (Lipinski definition) is 1. The maximum Gasteiger partial charge on any atom is 0.331 e. The summed E-state index contributed by atoms with van der Waals surface area (Å²) in [6.45, 7) is 6.14. The van der Waals surface area contributed by atoms with Gasteiger partial charge in [-0.25, -0.2) is 13.2 Å². The summed E-state index contributed by atoms with van der Waals surface area (Å²) in [6, 6.07) is 8.23. The maximum atomic E-state index is 12.6. The molecular weight excluding hydrogens is 290 g/mol. The molecule has 1 saturated heterocycles. The zero-order valence-electron chi connectivity index (χ0n) is 11.7. The van der Waals surface area contributed by atoms with Crippen LogP contribution in [0, 0.1) is 10.8 Å². The van der Waals surface area contributed by atoms with Crippen LogP contribution in [0.1, 0.15) is 13.3 Å². The largest absolute Gasteiger partial charge is 0.478 e. The number of fused-ring (bicyclic) bond motifs is 1. The number of piperidine rings is 1. The standard InChI is InChI=1S/C15H17NO4S/c1-11(13(17)18)15-8-14(15,2)9-16(10-15)21(19,20)12-6-4-3-5-7-12/h3-7H,1,8-10H2,2H3,(H,17,18)/t14-,15+/m1/s1. The fourth-order valence-corrected chi connectivity index (χ4v) is 5.15. The van der Waals surface area contributed by atoms with E-state index in [0.717, 1.165) is 0 Å². The fraction of sp³-hybridized carbons (Fsp3) is 0.400. The molecule has 1 aromatic rings. The molecule has 1 aromatic carbocycles. The molecule has 1 heterocycles. The molecule has 0 amide bonds. The van der Waals surface area contributed by atoms with Crippen LogP contribution in [0.2, 0.25) is 0 Å². The van der Waals surface area contributed by atoms with E-state index in [-0.39, 0.29) is 22.4 Å². The molecule has 6 heteroatoms. The number of benzene rings is 1. The molecule has 5 nitrogen and oxygen atoms in total. The highest BCUT2D eigenvalue weighted by molar-refractivity contribution is 7.89. The van der Waals surface area contributed by atoms with E-state index in [4.69, 9.17) is 0 Å². The van der Waals surface area contributed by atoms with Crippen LogP contribution < -0.4 is 0 Å². The number of rotatable bonds is 4. The Morgan fingerprint density at radius 2 is 1.90 bits per heavy atom. The summed E-state index contributed by atoms with van der Waals surface area (Å²) in [5.74, 6) is -1.04. The molecule has 0 bridgehead atoms. The van der Waals surface area contributed by atoms with Crippen molar-refractivity contribution in [1.29, 1.82) is 0 Å². The van der Waals surface area contributed by atoms with Crippen molar-refractivity contribution in [3.8, 4) is 0 Å². The molecule has 3 rings (SSSR count). The zero-order valence-corrected chi connectivity index (χ0v) is 12.6. The minimum absolute atomic E-state index is 0.121. The molecule has 1 aliphatic carbocycles. The average Bonchev–Trinajstić information content (AvgIpc) is 2.92. The Hall–Kier alpha value is -1.66. The van der Waals surface area contributed by atoms with E-state index in [1.165, 1.54) is 4.31 Å². The SMILES string of the molecule is C=C(C(=O)O)[C@]12CN(S(=O)(=O)c3ccccc3)C[C@@]1(C)C2. The van der Waals surface area contributed by atoms with Gasteiger partial charge in [0, 0.05) is 24.1 Å². The summed E-state index contributed by atoms with van der Waals surface area (Å²) in [6.07, 6.45) is 0.686. The predicted octanol–water partition coefficient (Wildman–Crippen LogP) is 1.73. The average molecular weight is 307 g/mol. The number of hydrogen-bond acceptors (Lipinski definition) is 3. The molecule has 21 heavy (non-hydrogen) atoms. The normalized spacial score (nSPS) is 31.7. The van der Waals surface area contributed by atoms with Crippen molar-refractivity contribution >= 4 is 16.0 Å². The summed E-state index contributed by atoms with van der Waals surface area (Å²) >= 11 is 0. The number of carbonyl (C=O) groups is 1. The van der Waals surface area contributed by atoms with Crippen LogP contribution in [0.4, 0.5) is 0 Å². The van der Waals surface area contributed by atoms with Gasteiger partial charge < -0.3 is 5.11 Å². The molecule has 2 aliphatic rings. The first-order chi connectivity index (χ1) is 9.73. The molecule has 0 aromatic heterocycles. The fourth-order valence-electron chi connectivity index (χ4n) is 3.50. The van der Waals surface area contributed by atoms with Crippen LogP contribution in [-0.4, -0.2) is 36.9 Å².